The number of hydrogen-bond acceptors (Lipinski definition) is 8. The number of esters is 1. The molecule has 12 atom stereocenters. The van der Waals surface area contributed by atoms with Crippen LogP contribution in [0.25, 0.3) is 0 Å². The van der Waals surface area contributed by atoms with Crippen LogP contribution in [0.3, 0.4) is 0 Å². The van der Waals surface area contributed by atoms with Crippen molar-refractivity contribution in [2.75, 3.05) is 26.9 Å². The SMILES string of the molecule is COC(=O)c1nc(Br)nn1[C@@H]1C[C@]2(C)COC[C@@]3(C4=CC[C@@]5(C)[C@H](C(=O)O)[C@@](C)([C@H](C)C(C)C)CC[C@]5(C)[C@H]4CC[C@H]23)[C@H]1OC[C@](C)(N)C(C)C. The lowest BCUT2D eigenvalue weighted by Gasteiger charge is -2.71. The van der Waals surface area contributed by atoms with Crippen molar-refractivity contribution in [1.29, 1.82) is 0 Å². The van der Waals surface area contributed by atoms with Gasteiger partial charge in [-0.25, -0.2) is 9.48 Å². The molecule has 0 radical (unpaired) electrons. The molecule has 6 rings (SSSR count). The number of nitrogens with two attached hydrogens (primary N) is 1. The summed E-state index contributed by atoms with van der Waals surface area (Å²) in [4.78, 5) is 31.2. The van der Waals surface area contributed by atoms with Crippen molar-refractivity contribution in [3.63, 3.8) is 0 Å². The quantitative estimate of drug-likeness (QED) is 0.191. The van der Waals surface area contributed by atoms with Gasteiger partial charge in [0.05, 0.1) is 45.0 Å². The Bertz CT molecular complexity index is 1580. The van der Waals surface area contributed by atoms with Gasteiger partial charge in [0.25, 0.3) is 0 Å². The number of carboxylic acids is 1. The smallest absolute Gasteiger partial charge is 0.375 e. The second-order valence-electron chi connectivity index (χ2n) is 19.2. The van der Waals surface area contributed by atoms with E-state index in [-0.39, 0.29) is 51.8 Å². The molecule has 286 valence electrons. The lowest BCUT2D eigenvalue weighted by atomic mass is 9.34. The summed E-state index contributed by atoms with van der Waals surface area (Å²) in [6, 6.07) is -0.347. The lowest BCUT2D eigenvalue weighted by molar-refractivity contribution is -0.254. The van der Waals surface area contributed by atoms with Crippen molar-refractivity contribution in [3.05, 3.63) is 22.2 Å². The first-order valence-electron chi connectivity index (χ1n) is 19.3. The molecule has 10 nitrogen and oxygen atoms in total. The molecule has 0 aromatic carbocycles. The zero-order valence-corrected chi connectivity index (χ0v) is 34.4. The molecular weight excluding hydrogens is 712 g/mol. The van der Waals surface area contributed by atoms with Crippen LogP contribution in [0.5, 0.6) is 0 Å². The summed E-state index contributed by atoms with van der Waals surface area (Å²) in [6.07, 6.45) is 7.20. The second kappa shape index (κ2) is 12.9. The maximum Gasteiger partial charge on any atom is 0.375 e. The fourth-order valence-electron chi connectivity index (χ4n) is 12.3. The number of aliphatic carboxylic acids is 1. The number of rotatable bonds is 9. The largest absolute Gasteiger partial charge is 0.481 e. The van der Waals surface area contributed by atoms with Crippen LogP contribution in [0.4, 0.5) is 0 Å². The van der Waals surface area contributed by atoms with E-state index in [4.69, 9.17) is 25.0 Å². The summed E-state index contributed by atoms with van der Waals surface area (Å²) in [7, 11) is 1.36. The molecule has 1 aromatic rings. The first kappa shape index (κ1) is 38.9. The van der Waals surface area contributed by atoms with Crippen molar-refractivity contribution in [3.8, 4) is 0 Å². The minimum Gasteiger partial charge on any atom is -0.481 e. The number of aromatic nitrogens is 3. The molecule has 0 unspecified atom stereocenters. The number of carbonyl (C=O) groups excluding carboxylic acids is 1. The summed E-state index contributed by atoms with van der Waals surface area (Å²) in [5.41, 5.74) is 5.88. The number of fused-ring (bicyclic) bond motifs is 3. The predicted molar refractivity (Wildman–Crippen MR) is 199 cm³/mol. The van der Waals surface area contributed by atoms with Crippen molar-refractivity contribution < 1.29 is 28.9 Å². The van der Waals surface area contributed by atoms with Crippen LogP contribution in [0.15, 0.2) is 16.4 Å². The third-order valence-electron chi connectivity index (χ3n) is 16.2. The van der Waals surface area contributed by atoms with E-state index in [0.717, 1.165) is 25.7 Å². The van der Waals surface area contributed by atoms with E-state index >= 15 is 0 Å². The first-order valence-corrected chi connectivity index (χ1v) is 20.1. The molecule has 2 bridgehead atoms. The minimum absolute atomic E-state index is 0.138. The standard InChI is InChI=1S/C40H63BrN4O6/c1-22(2)24(5)36(7)16-17-37(8)25-12-13-28-35(6)18-27(45-31(33(48)49-11)43-34(41)44-45)30(51-20-39(10,42)23(3)4)40(28,21-50-19-35)26(25)14-15-38(37,9)29(36)32(46)47/h14,22-25,27-30H,12-13,15-21,42H2,1-11H3,(H,46,47)/t24-,25+,27-,28-,29-,30+,35-,36-,37-,38+,39+,40+/m1/s1. The summed E-state index contributed by atoms with van der Waals surface area (Å²) >= 11 is 3.45. The van der Waals surface area contributed by atoms with Gasteiger partial charge in [0.1, 0.15) is 0 Å². The predicted octanol–water partition coefficient (Wildman–Crippen LogP) is 7.72. The molecule has 1 aromatic heterocycles. The number of hydrogen-bond donors (Lipinski definition) is 2. The zero-order valence-electron chi connectivity index (χ0n) is 32.8. The van der Waals surface area contributed by atoms with Gasteiger partial charge >= 0.3 is 11.9 Å². The summed E-state index contributed by atoms with van der Waals surface area (Å²) in [5, 5.41) is 15.9. The van der Waals surface area contributed by atoms with Crippen LogP contribution in [-0.2, 0) is 19.0 Å². The van der Waals surface area contributed by atoms with Gasteiger partial charge in [-0.1, -0.05) is 74.0 Å². The van der Waals surface area contributed by atoms with Gasteiger partial charge < -0.3 is 25.1 Å². The highest BCUT2D eigenvalue weighted by atomic mass is 79.9. The van der Waals surface area contributed by atoms with Gasteiger partial charge in [-0.3, -0.25) is 4.79 Å². The third-order valence-corrected chi connectivity index (χ3v) is 16.5. The number of methoxy groups -OCH3 is 1. The monoisotopic (exact) mass is 774 g/mol. The average Bonchev–Trinajstić information content (AvgIpc) is 3.44. The number of allylic oxidation sites excluding steroid dienone is 1. The molecule has 2 heterocycles. The number of carboxylic acid groups (broad SMARTS) is 1. The molecule has 0 amide bonds. The highest BCUT2D eigenvalue weighted by molar-refractivity contribution is 9.10. The van der Waals surface area contributed by atoms with Crippen molar-refractivity contribution in [2.45, 2.75) is 125 Å². The fourth-order valence-corrected chi connectivity index (χ4v) is 12.6. The van der Waals surface area contributed by atoms with Crippen molar-refractivity contribution >= 4 is 27.9 Å². The lowest BCUT2D eigenvalue weighted by Crippen LogP contribution is -2.70. The summed E-state index contributed by atoms with van der Waals surface area (Å²) < 4.78 is 21.2. The summed E-state index contributed by atoms with van der Waals surface area (Å²) in [5.74, 6) is -0.332. The van der Waals surface area contributed by atoms with E-state index in [1.807, 2.05) is 6.92 Å². The van der Waals surface area contributed by atoms with Gasteiger partial charge in [-0.15, -0.1) is 5.10 Å². The highest BCUT2D eigenvalue weighted by Gasteiger charge is 2.73. The number of ether oxygens (including phenoxy) is 3. The topological polar surface area (TPSA) is 139 Å². The Morgan fingerprint density at radius 3 is 2.41 bits per heavy atom. The number of carbonyl (C=O) groups is 2. The molecule has 51 heavy (non-hydrogen) atoms. The van der Waals surface area contributed by atoms with Crippen molar-refractivity contribution in [1.82, 2.24) is 14.8 Å². The van der Waals surface area contributed by atoms with Crippen LogP contribution < -0.4 is 5.73 Å². The van der Waals surface area contributed by atoms with E-state index in [0.29, 0.717) is 43.3 Å². The molecule has 3 saturated carbocycles. The molecule has 5 aliphatic rings. The van der Waals surface area contributed by atoms with Crippen LogP contribution in [0.1, 0.15) is 124 Å². The Balaban J connectivity index is 1.55. The van der Waals surface area contributed by atoms with E-state index in [2.05, 4.69) is 89.3 Å². The Kier molecular flexibility index (Phi) is 9.84. The normalized spacial score (nSPS) is 42.3. The van der Waals surface area contributed by atoms with E-state index < -0.39 is 40.3 Å². The van der Waals surface area contributed by atoms with Crippen LogP contribution in [0, 0.1) is 62.6 Å². The number of halogens is 1. The van der Waals surface area contributed by atoms with Crippen molar-refractivity contribution in [2.24, 2.45) is 68.3 Å². The molecule has 3 N–H and O–H groups in total. The minimum atomic E-state index is -0.669. The molecule has 11 heteroatoms. The van der Waals surface area contributed by atoms with Crippen LogP contribution in [0.2, 0.25) is 0 Å². The zero-order chi connectivity index (χ0) is 37.7. The molecule has 0 spiro atoms. The Hall–Kier alpha value is -1.82. The Morgan fingerprint density at radius 2 is 1.80 bits per heavy atom. The van der Waals surface area contributed by atoms with E-state index in [1.54, 1.807) is 4.68 Å². The van der Waals surface area contributed by atoms with E-state index in [1.165, 1.54) is 12.7 Å². The number of nitrogens with zero attached hydrogens (tertiary/aromatic N) is 3. The van der Waals surface area contributed by atoms with Gasteiger partial charge in [0.15, 0.2) is 0 Å². The highest BCUT2D eigenvalue weighted by Crippen LogP contribution is 2.75. The van der Waals surface area contributed by atoms with Gasteiger partial charge in [-0.2, -0.15) is 4.98 Å². The summed E-state index contributed by atoms with van der Waals surface area (Å²) in [6.45, 7) is 23.7. The molecule has 4 fully saturated rings. The van der Waals surface area contributed by atoms with Gasteiger partial charge in [0.2, 0.25) is 10.6 Å². The second-order valence-corrected chi connectivity index (χ2v) is 19.9. The Labute approximate surface area is 313 Å². The maximum atomic E-state index is 13.6. The van der Waals surface area contributed by atoms with Gasteiger partial charge in [-0.05, 0) is 113 Å². The molecule has 1 saturated heterocycles. The van der Waals surface area contributed by atoms with Crippen LogP contribution >= 0.6 is 15.9 Å². The van der Waals surface area contributed by atoms with Crippen LogP contribution in [-0.4, -0.2) is 70.4 Å². The van der Waals surface area contributed by atoms with Gasteiger partial charge in [0, 0.05) is 11.0 Å². The maximum absolute atomic E-state index is 13.6. The first-order chi connectivity index (χ1) is 23.6. The third kappa shape index (κ3) is 5.54. The fraction of sp³-hybridized carbons (Fsp3) is 0.850. The van der Waals surface area contributed by atoms with E-state index in [9.17, 15) is 14.7 Å². The molecule has 1 aliphatic heterocycles. The molecular formula is C40H63BrN4O6. The molecule has 4 aliphatic carbocycles. The Morgan fingerprint density at radius 1 is 1.12 bits per heavy atom. The average molecular weight is 776 g/mol.